The summed E-state index contributed by atoms with van der Waals surface area (Å²) in [7, 11) is 0. The molecule has 24 heavy (non-hydrogen) atoms. The second-order valence-corrected chi connectivity index (χ2v) is 7.89. The van der Waals surface area contributed by atoms with Crippen LogP contribution in [0.2, 0.25) is 5.02 Å². The van der Waals surface area contributed by atoms with Crippen LogP contribution >= 0.6 is 34.7 Å². The number of anilines is 1. The topological polar surface area (TPSA) is 73.8 Å². The Bertz CT molecular complexity index is 903. The van der Waals surface area contributed by atoms with Gasteiger partial charge >= 0.3 is 0 Å². The van der Waals surface area contributed by atoms with Gasteiger partial charge in [-0.05, 0) is 38.1 Å². The molecule has 0 bridgehead atoms. The molecule has 5 nitrogen and oxygen atoms in total. The number of carbonyl (C=O) groups is 1. The number of nitrogen functional groups attached to an aromatic ring is 1. The van der Waals surface area contributed by atoms with E-state index in [1.54, 1.807) is 0 Å². The van der Waals surface area contributed by atoms with Crippen LogP contribution in [0.25, 0.3) is 5.69 Å². The Labute approximate surface area is 152 Å². The number of ketones is 1. The summed E-state index contributed by atoms with van der Waals surface area (Å²) in [5.74, 6) is 0.351. The maximum atomic E-state index is 12.6. The van der Waals surface area contributed by atoms with Crippen LogP contribution in [0.4, 0.5) is 5.13 Å². The first-order chi connectivity index (χ1) is 11.5. The molecule has 0 aliphatic heterocycles. The summed E-state index contributed by atoms with van der Waals surface area (Å²) in [6, 6.07) is 9.49. The fourth-order valence-electron chi connectivity index (χ4n) is 2.54. The third-order valence-corrected chi connectivity index (χ3v) is 5.67. The molecule has 0 unspecified atom stereocenters. The largest absolute Gasteiger partial charge is 0.374 e. The van der Waals surface area contributed by atoms with Crippen molar-refractivity contribution in [3.63, 3.8) is 0 Å². The lowest BCUT2D eigenvalue weighted by molar-refractivity contribution is 0.102. The van der Waals surface area contributed by atoms with Gasteiger partial charge in [0.05, 0.1) is 5.75 Å². The third kappa shape index (κ3) is 3.48. The number of carbonyl (C=O) groups excluding carboxylic acids is 1. The lowest BCUT2D eigenvalue weighted by atomic mass is 10.2. The predicted octanol–water partition coefficient (Wildman–Crippen LogP) is 4.16. The summed E-state index contributed by atoms with van der Waals surface area (Å²) in [4.78, 5) is 12.6. The Balaban J connectivity index is 1.84. The number of halogens is 1. The van der Waals surface area contributed by atoms with Gasteiger partial charge in [-0.25, -0.2) is 0 Å². The maximum absolute atomic E-state index is 12.6. The molecule has 0 atom stereocenters. The number of aryl methyl sites for hydroxylation is 1. The van der Waals surface area contributed by atoms with Crippen LogP contribution in [0.5, 0.6) is 0 Å². The molecule has 124 valence electrons. The normalized spacial score (nSPS) is 11.0. The highest BCUT2D eigenvalue weighted by molar-refractivity contribution is 8.01. The number of nitrogens with zero attached hydrogens (tertiary/aromatic N) is 3. The Kier molecular flexibility index (Phi) is 4.93. The van der Waals surface area contributed by atoms with E-state index in [0.29, 0.717) is 25.8 Å². The maximum Gasteiger partial charge on any atom is 0.203 e. The van der Waals surface area contributed by atoms with Crippen LogP contribution in [0.1, 0.15) is 21.7 Å². The Hall–Kier alpha value is -1.83. The first kappa shape index (κ1) is 17.0. The molecule has 8 heteroatoms. The van der Waals surface area contributed by atoms with E-state index >= 15 is 0 Å². The summed E-state index contributed by atoms with van der Waals surface area (Å²) in [6.07, 6.45) is 0. The molecular weight excluding hydrogens is 364 g/mol. The number of aromatic nitrogens is 3. The summed E-state index contributed by atoms with van der Waals surface area (Å²) in [5, 5.41) is 8.74. The zero-order valence-electron chi connectivity index (χ0n) is 13.1. The number of Topliss-reactive ketones (excluding diaryl/α,β-unsaturated/α-hetero) is 1. The second-order valence-electron chi connectivity index (χ2n) is 5.22. The van der Waals surface area contributed by atoms with Crippen LogP contribution < -0.4 is 5.73 Å². The van der Waals surface area contributed by atoms with Crippen LogP contribution in [-0.4, -0.2) is 26.3 Å². The number of hydrogen-bond acceptors (Lipinski definition) is 6. The highest BCUT2D eigenvalue weighted by Crippen LogP contribution is 2.27. The molecule has 0 radical (unpaired) electrons. The van der Waals surface area contributed by atoms with Crippen LogP contribution in [0.3, 0.4) is 0 Å². The Morgan fingerprint density at radius 3 is 2.79 bits per heavy atom. The van der Waals surface area contributed by atoms with Gasteiger partial charge in [0.15, 0.2) is 10.1 Å². The first-order valence-corrected chi connectivity index (χ1v) is 9.33. The Morgan fingerprint density at radius 2 is 2.12 bits per heavy atom. The number of hydrogen-bond donors (Lipinski definition) is 1. The minimum Gasteiger partial charge on any atom is -0.374 e. The minimum absolute atomic E-state index is 0.0511. The molecule has 2 heterocycles. The van der Waals surface area contributed by atoms with E-state index in [4.69, 9.17) is 17.3 Å². The van der Waals surface area contributed by atoms with Crippen molar-refractivity contribution in [2.45, 2.75) is 18.2 Å². The second kappa shape index (κ2) is 6.96. The average Bonchev–Trinajstić information content (AvgIpc) is 3.08. The molecule has 0 aliphatic rings. The van der Waals surface area contributed by atoms with Crippen LogP contribution in [0, 0.1) is 13.8 Å². The summed E-state index contributed by atoms with van der Waals surface area (Å²) >= 11 is 8.72. The molecule has 2 N–H and O–H groups in total. The van der Waals surface area contributed by atoms with E-state index in [1.165, 1.54) is 23.1 Å². The average molecular weight is 379 g/mol. The fourth-order valence-corrected chi connectivity index (χ4v) is 4.25. The molecule has 0 saturated carbocycles. The van der Waals surface area contributed by atoms with Crippen LogP contribution in [0.15, 0.2) is 34.7 Å². The quantitative estimate of drug-likeness (QED) is 0.533. The van der Waals surface area contributed by atoms with Gasteiger partial charge in [-0.1, -0.05) is 40.8 Å². The van der Waals surface area contributed by atoms with E-state index in [0.717, 1.165) is 17.1 Å². The molecule has 2 aromatic heterocycles. The summed E-state index contributed by atoms with van der Waals surface area (Å²) in [5.41, 5.74) is 9.09. The molecule has 0 amide bonds. The van der Waals surface area contributed by atoms with Crippen molar-refractivity contribution in [3.05, 3.63) is 52.3 Å². The number of rotatable bonds is 5. The molecule has 3 aromatic rings. The minimum atomic E-state index is 0.0511. The molecule has 0 aliphatic carbocycles. The SMILES string of the molecule is Cc1cc(C(=O)CSc2nnc(N)s2)c(C)n1-c1cccc(Cl)c1. The number of benzene rings is 1. The van der Waals surface area contributed by atoms with E-state index in [1.807, 2.05) is 48.7 Å². The van der Waals surface area contributed by atoms with E-state index in [2.05, 4.69) is 10.2 Å². The summed E-state index contributed by atoms with van der Waals surface area (Å²) < 4.78 is 2.73. The third-order valence-electron chi connectivity index (χ3n) is 3.55. The van der Waals surface area contributed by atoms with E-state index < -0.39 is 0 Å². The molecule has 1 aromatic carbocycles. The van der Waals surface area contributed by atoms with Gasteiger partial charge in [0.1, 0.15) is 0 Å². The van der Waals surface area contributed by atoms with Gasteiger partial charge in [0, 0.05) is 27.7 Å². The van der Waals surface area contributed by atoms with Crippen molar-refractivity contribution in [3.8, 4) is 5.69 Å². The molecule has 0 fully saturated rings. The van der Waals surface area contributed by atoms with E-state index in [9.17, 15) is 4.79 Å². The van der Waals surface area contributed by atoms with Gasteiger partial charge in [0.25, 0.3) is 0 Å². The van der Waals surface area contributed by atoms with Crippen molar-refractivity contribution in [1.29, 1.82) is 0 Å². The Morgan fingerprint density at radius 1 is 1.33 bits per heavy atom. The van der Waals surface area contributed by atoms with Crippen molar-refractivity contribution in [2.75, 3.05) is 11.5 Å². The highest BCUT2D eigenvalue weighted by atomic mass is 35.5. The smallest absolute Gasteiger partial charge is 0.203 e. The molecule has 3 rings (SSSR count). The van der Waals surface area contributed by atoms with Crippen LogP contribution in [-0.2, 0) is 0 Å². The molecule has 0 saturated heterocycles. The molecular formula is C16H15ClN4OS2. The number of thioether (sulfide) groups is 1. The number of nitrogens with two attached hydrogens (primary N) is 1. The van der Waals surface area contributed by atoms with E-state index in [-0.39, 0.29) is 5.78 Å². The van der Waals surface area contributed by atoms with Crippen molar-refractivity contribution < 1.29 is 4.79 Å². The van der Waals surface area contributed by atoms with Crippen molar-refractivity contribution in [1.82, 2.24) is 14.8 Å². The van der Waals surface area contributed by atoms with Gasteiger partial charge in [-0.15, -0.1) is 10.2 Å². The monoisotopic (exact) mass is 378 g/mol. The zero-order valence-corrected chi connectivity index (χ0v) is 15.5. The lowest BCUT2D eigenvalue weighted by Crippen LogP contribution is -2.05. The first-order valence-electron chi connectivity index (χ1n) is 7.15. The van der Waals surface area contributed by atoms with Gasteiger partial charge in [-0.2, -0.15) is 0 Å². The zero-order chi connectivity index (χ0) is 17.3. The van der Waals surface area contributed by atoms with Gasteiger partial charge in [-0.3, -0.25) is 4.79 Å². The standard InChI is InChI=1S/C16H15ClN4OS2/c1-9-6-13(14(22)8-23-16-20-19-15(18)24-16)10(2)21(9)12-5-3-4-11(17)7-12/h3-7H,8H2,1-2H3,(H2,18,19). The van der Waals surface area contributed by atoms with Crippen molar-refractivity contribution >= 4 is 45.6 Å². The predicted molar refractivity (Wildman–Crippen MR) is 99.6 cm³/mol. The van der Waals surface area contributed by atoms with Gasteiger partial charge in [0.2, 0.25) is 5.13 Å². The lowest BCUT2D eigenvalue weighted by Gasteiger charge is -2.10. The highest BCUT2D eigenvalue weighted by Gasteiger charge is 2.17. The fraction of sp³-hybridized carbons (Fsp3) is 0.188. The van der Waals surface area contributed by atoms with Crippen molar-refractivity contribution in [2.24, 2.45) is 0 Å². The summed E-state index contributed by atoms with van der Waals surface area (Å²) in [6.45, 7) is 3.91. The molecule has 0 spiro atoms. The van der Waals surface area contributed by atoms with Gasteiger partial charge < -0.3 is 10.3 Å².